The summed E-state index contributed by atoms with van der Waals surface area (Å²) in [5.74, 6) is 5.85. The molecule has 9 heteroatoms. The molecule has 17 heavy (non-hydrogen) atoms. The highest BCUT2D eigenvalue weighted by molar-refractivity contribution is 7.99. The van der Waals surface area contributed by atoms with Crippen LogP contribution in [0.4, 0.5) is 11.5 Å². The van der Waals surface area contributed by atoms with Crippen molar-refractivity contribution in [2.45, 2.75) is 11.4 Å². The fourth-order valence-electron chi connectivity index (χ4n) is 1.11. The number of rotatable bonds is 7. The van der Waals surface area contributed by atoms with Crippen LogP contribution in [-0.4, -0.2) is 34.4 Å². The largest absolute Gasteiger partial charge is 0.385 e. The van der Waals surface area contributed by atoms with Crippen molar-refractivity contribution in [3.8, 4) is 0 Å². The van der Waals surface area contributed by atoms with E-state index in [9.17, 15) is 10.1 Å². The maximum Gasteiger partial charge on any atom is 0.344 e. The molecular weight excluding hydrogens is 246 g/mol. The van der Waals surface area contributed by atoms with Crippen molar-refractivity contribution in [3.63, 3.8) is 0 Å². The smallest absolute Gasteiger partial charge is 0.344 e. The van der Waals surface area contributed by atoms with Gasteiger partial charge in [-0.1, -0.05) is 11.8 Å². The molecule has 0 aromatic carbocycles. The zero-order valence-corrected chi connectivity index (χ0v) is 10.1. The summed E-state index contributed by atoms with van der Waals surface area (Å²) in [5.41, 5.74) is 1.99. The molecule has 0 bridgehead atoms. The Morgan fingerprint density at radius 2 is 2.41 bits per heavy atom. The molecule has 0 fully saturated rings. The minimum Gasteiger partial charge on any atom is -0.385 e. The summed E-state index contributed by atoms with van der Waals surface area (Å²) in [7, 11) is 1.61. The maximum atomic E-state index is 10.9. The van der Waals surface area contributed by atoms with E-state index in [-0.39, 0.29) is 11.5 Å². The van der Waals surface area contributed by atoms with Crippen molar-refractivity contribution >= 4 is 23.3 Å². The molecule has 94 valence electrons. The molecule has 1 rings (SSSR count). The van der Waals surface area contributed by atoms with Gasteiger partial charge in [0, 0.05) is 19.5 Å². The monoisotopic (exact) mass is 259 g/mol. The number of nitrogens with zero attached hydrogens (tertiary/aromatic N) is 3. The first kappa shape index (κ1) is 13.6. The molecule has 0 aliphatic rings. The van der Waals surface area contributed by atoms with Gasteiger partial charge in [0.25, 0.3) is 0 Å². The third-order valence-corrected chi connectivity index (χ3v) is 2.90. The molecular formula is C8H13N5O3S. The number of ether oxygens (including phenoxy) is 1. The average Bonchev–Trinajstić information content (AvgIpc) is 2.33. The van der Waals surface area contributed by atoms with Gasteiger partial charge in [0.15, 0.2) is 5.03 Å². The third kappa shape index (κ3) is 3.80. The quantitative estimate of drug-likeness (QED) is 0.184. The Bertz CT molecular complexity index is 389. The van der Waals surface area contributed by atoms with E-state index in [1.165, 1.54) is 18.1 Å². The van der Waals surface area contributed by atoms with Crippen LogP contribution in [-0.2, 0) is 4.74 Å². The Morgan fingerprint density at radius 3 is 3.00 bits per heavy atom. The fourth-order valence-corrected chi connectivity index (χ4v) is 2.00. The van der Waals surface area contributed by atoms with Gasteiger partial charge in [-0.05, 0) is 6.42 Å². The highest BCUT2D eigenvalue weighted by Crippen LogP contribution is 2.31. The zero-order valence-electron chi connectivity index (χ0n) is 9.25. The van der Waals surface area contributed by atoms with Gasteiger partial charge in [0.05, 0.1) is 4.92 Å². The topological polar surface area (TPSA) is 116 Å². The Kier molecular flexibility index (Phi) is 5.60. The van der Waals surface area contributed by atoms with Crippen molar-refractivity contribution < 1.29 is 9.66 Å². The zero-order chi connectivity index (χ0) is 12.7. The number of nitrogen functional groups attached to an aromatic ring is 1. The van der Waals surface area contributed by atoms with E-state index in [4.69, 9.17) is 10.6 Å². The normalized spacial score (nSPS) is 10.2. The van der Waals surface area contributed by atoms with Crippen molar-refractivity contribution in [3.05, 3.63) is 16.4 Å². The number of thioether (sulfide) groups is 1. The van der Waals surface area contributed by atoms with Crippen molar-refractivity contribution in [1.82, 2.24) is 9.97 Å². The Hall–Kier alpha value is -1.45. The summed E-state index contributed by atoms with van der Waals surface area (Å²) in [5, 5.41) is 11.2. The number of anilines is 1. The molecule has 0 saturated heterocycles. The summed E-state index contributed by atoms with van der Waals surface area (Å²) < 4.78 is 4.89. The Labute approximate surface area is 102 Å². The predicted octanol–water partition coefficient (Wildman–Crippen LogP) is 0.799. The number of hydrazine groups is 1. The van der Waals surface area contributed by atoms with Gasteiger partial charge in [-0.2, -0.15) is 0 Å². The molecule has 1 heterocycles. The number of aromatic nitrogens is 2. The minimum atomic E-state index is -0.548. The maximum absolute atomic E-state index is 10.9. The molecule has 0 saturated carbocycles. The van der Waals surface area contributed by atoms with Crippen molar-refractivity contribution in [2.24, 2.45) is 5.84 Å². The lowest BCUT2D eigenvalue weighted by atomic mass is 10.5. The summed E-state index contributed by atoms with van der Waals surface area (Å²) >= 11 is 1.28. The van der Waals surface area contributed by atoms with E-state index >= 15 is 0 Å². The number of methoxy groups -OCH3 is 1. The molecule has 0 amide bonds. The van der Waals surface area contributed by atoms with Crippen LogP contribution in [0.2, 0.25) is 0 Å². The first-order chi connectivity index (χ1) is 8.20. The first-order valence-corrected chi connectivity index (χ1v) is 5.77. The second-order valence-electron chi connectivity index (χ2n) is 2.97. The van der Waals surface area contributed by atoms with Crippen LogP contribution in [0.25, 0.3) is 0 Å². The van der Waals surface area contributed by atoms with E-state index in [0.29, 0.717) is 17.4 Å². The third-order valence-electron chi connectivity index (χ3n) is 1.84. The summed E-state index contributed by atoms with van der Waals surface area (Å²) in [4.78, 5) is 17.9. The van der Waals surface area contributed by atoms with E-state index in [1.54, 1.807) is 7.11 Å². The highest BCUT2D eigenvalue weighted by atomic mass is 32.2. The summed E-state index contributed by atoms with van der Waals surface area (Å²) in [6.07, 6.45) is 2.02. The van der Waals surface area contributed by atoms with E-state index < -0.39 is 4.92 Å². The number of nitrogens with two attached hydrogens (primary N) is 1. The number of hydrogen-bond acceptors (Lipinski definition) is 8. The van der Waals surface area contributed by atoms with Crippen LogP contribution in [0.3, 0.4) is 0 Å². The molecule has 0 atom stereocenters. The molecule has 0 spiro atoms. The van der Waals surface area contributed by atoms with Crippen LogP contribution >= 0.6 is 11.8 Å². The summed E-state index contributed by atoms with van der Waals surface area (Å²) in [6, 6.07) is 0. The lowest BCUT2D eigenvalue weighted by molar-refractivity contribution is -0.387. The number of nitrogens with one attached hydrogen (secondary N) is 1. The first-order valence-electron chi connectivity index (χ1n) is 4.78. The fraction of sp³-hybridized carbons (Fsp3) is 0.500. The van der Waals surface area contributed by atoms with Crippen LogP contribution in [0.15, 0.2) is 11.4 Å². The van der Waals surface area contributed by atoms with E-state index in [0.717, 1.165) is 6.42 Å². The molecule has 1 aromatic heterocycles. The van der Waals surface area contributed by atoms with Crippen molar-refractivity contribution in [2.75, 3.05) is 24.9 Å². The van der Waals surface area contributed by atoms with E-state index in [2.05, 4.69) is 15.4 Å². The second kappa shape index (κ2) is 6.99. The molecule has 0 radical (unpaired) electrons. The predicted molar refractivity (Wildman–Crippen MR) is 63.7 cm³/mol. The molecule has 0 aliphatic carbocycles. The van der Waals surface area contributed by atoms with Gasteiger partial charge in [0.1, 0.15) is 6.33 Å². The Morgan fingerprint density at radius 1 is 1.65 bits per heavy atom. The number of hydrogen-bond donors (Lipinski definition) is 2. The summed E-state index contributed by atoms with van der Waals surface area (Å²) in [6.45, 7) is 0.605. The van der Waals surface area contributed by atoms with Crippen LogP contribution in [0, 0.1) is 10.1 Å². The van der Waals surface area contributed by atoms with Crippen LogP contribution < -0.4 is 11.3 Å². The lowest BCUT2D eigenvalue weighted by Gasteiger charge is -2.04. The van der Waals surface area contributed by atoms with Gasteiger partial charge in [-0.25, -0.2) is 15.8 Å². The molecule has 3 N–H and O–H groups in total. The molecule has 0 unspecified atom stereocenters. The van der Waals surface area contributed by atoms with Gasteiger partial charge in [-0.15, -0.1) is 0 Å². The SMILES string of the molecule is COCCCSc1ncnc(NN)c1[N+](=O)[O-]. The molecule has 0 aliphatic heterocycles. The van der Waals surface area contributed by atoms with Gasteiger partial charge >= 0.3 is 5.69 Å². The molecule has 1 aromatic rings. The minimum absolute atomic E-state index is 0.0132. The molecule has 8 nitrogen and oxygen atoms in total. The van der Waals surface area contributed by atoms with Gasteiger partial charge < -0.3 is 10.2 Å². The number of nitro groups is 1. The van der Waals surface area contributed by atoms with Gasteiger partial charge in [0.2, 0.25) is 5.82 Å². The highest BCUT2D eigenvalue weighted by Gasteiger charge is 2.22. The average molecular weight is 259 g/mol. The second-order valence-corrected chi connectivity index (χ2v) is 4.06. The van der Waals surface area contributed by atoms with Crippen LogP contribution in [0.1, 0.15) is 6.42 Å². The lowest BCUT2D eigenvalue weighted by Crippen LogP contribution is -2.12. The standard InChI is InChI=1S/C8H13N5O3S/c1-16-3-2-4-17-8-6(13(14)15)7(12-9)10-5-11-8/h5H,2-4,9H2,1H3,(H,10,11,12). The Balaban J connectivity index is 2.79. The van der Waals surface area contributed by atoms with Crippen molar-refractivity contribution in [1.29, 1.82) is 0 Å². The van der Waals surface area contributed by atoms with E-state index in [1.807, 2.05) is 0 Å². The van der Waals surface area contributed by atoms with Crippen LogP contribution in [0.5, 0.6) is 0 Å². The van der Waals surface area contributed by atoms with Gasteiger partial charge in [-0.3, -0.25) is 10.1 Å².